The van der Waals surface area contributed by atoms with E-state index in [1.54, 1.807) is 13.0 Å². The number of carbonyl (C=O) groups excluding carboxylic acids is 1. The van der Waals surface area contributed by atoms with Crippen LogP contribution in [0.25, 0.3) is 0 Å². The molecule has 0 N–H and O–H groups in total. The average molecular weight is 435 g/mol. The Morgan fingerprint density at radius 1 is 1.27 bits per heavy atom. The van der Waals surface area contributed by atoms with Gasteiger partial charge in [0.15, 0.2) is 6.04 Å². The summed E-state index contributed by atoms with van der Waals surface area (Å²) in [6.07, 6.45) is -4.64. The van der Waals surface area contributed by atoms with Crippen LogP contribution in [0.4, 0.5) is 19.0 Å². The molecular formula is C21H20F3N3O2S. The first-order valence-electron chi connectivity index (χ1n) is 9.44. The Labute approximate surface area is 175 Å². The molecule has 4 rings (SSSR count). The van der Waals surface area contributed by atoms with Gasteiger partial charge in [-0.3, -0.25) is 9.69 Å². The molecule has 1 unspecified atom stereocenters. The van der Waals surface area contributed by atoms with Gasteiger partial charge in [0.25, 0.3) is 5.91 Å². The van der Waals surface area contributed by atoms with Gasteiger partial charge in [-0.05, 0) is 43.3 Å². The van der Waals surface area contributed by atoms with E-state index >= 15 is 0 Å². The molecule has 3 heterocycles. The molecule has 0 bridgehead atoms. The first kappa shape index (κ1) is 20.5. The van der Waals surface area contributed by atoms with Crippen LogP contribution in [-0.4, -0.2) is 28.4 Å². The molecule has 1 aliphatic rings. The van der Waals surface area contributed by atoms with E-state index in [0.717, 1.165) is 21.6 Å². The maximum atomic E-state index is 13.4. The van der Waals surface area contributed by atoms with Crippen molar-refractivity contribution in [3.63, 3.8) is 0 Å². The highest BCUT2D eigenvalue weighted by atomic mass is 32.1. The van der Waals surface area contributed by atoms with Gasteiger partial charge < -0.3 is 4.74 Å². The van der Waals surface area contributed by atoms with E-state index in [-0.39, 0.29) is 24.7 Å². The van der Waals surface area contributed by atoms with E-state index in [9.17, 15) is 18.0 Å². The number of hydrogen-bond donors (Lipinski definition) is 0. The van der Waals surface area contributed by atoms with Crippen LogP contribution in [0.2, 0.25) is 0 Å². The van der Waals surface area contributed by atoms with Gasteiger partial charge in [-0.25, -0.2) is 4.68 Å². The first-order chi connectivity index (χ1) is 14.2. The van der Waals surface area contributed by atoms with Crippen molar-refractivity contribution >= 4 is 23.1 Å². The molecule has 158 valence electrons. The summed E-state index contributed by atoms with van der Waals surface area (Å²) in [5, 5.41) is 5.82. The molecule has 0 saturated heterocycles. The van der Waals surface area contributed by atoms with Gasteiger partial charge in [-0.2, -0.15) is 18.3 Å². The molecule has 0 aliphatic carbocycles. The van der Waals surface area contributed by atoms with Crippen molar-refractivity contribution in [1.82, 2.24) is 9.78 Å². The predicted molar refractivity (Wildman–Crippen MR) is 108 cm³/mol. The number of hydrogen-bond acceptors (Lipinski definition) is 4. The maximum absolute atomic E-state index is 13.4. The smallest absolute Gasteiger partial charge is 0.410 e. The number of thiophene rings is 1. The predicted octanol–water partition coefficient (Wildman–Crippen LogP) is 5.29. The second-order valence-corrected chi connectivity index (χ2v) is 8.18. The molecule has 0 fully saturated rings. The third-order valence-corrected chi connectivity index (χ3v) is 5.98. The van der Waals surface area contributed by atoms with Crippen LogP contribution < -0.4 is 9.64 Å². The molecule has 1 atom stereocenters. The van der Waals surface area contributed by atoms with Gasteiger partial charge in [0.05, 0.1) is 10.6 Å². The maximum Gasteiger partial charge on any atom is 0.410 e. The Bertz CT molecular complexity index is 1070. The van der Waals surface area contributed by atoms with E-state index in [1.165, 1.54) is 22.3 Å². The second kappa shape index (κ2) is 7.79. The first-order valence-corrected chi connectivity index (χ1v) is 10.3. The zero-order valence-corrected chi connectivity index (χ0v) is 17.3. The van der Waals surface area contributed by atoms with Gasteiger partial charge >= 0.3 is 6.18 Å². The van der Waals surface area contributed by atoms with Crippen LogP contribution in [0.5, 0.6) is 5.75 Å². The van der Waals surface area contributed by atoms with Crippen molar-refractivity contribution in [3.05, 3.63) is 63.5 Å². The van der Waals surface area contributed by atoms with Crippen molar-refractivity contribution in [3.8, 4) is 5.75 Å². The number of rotatable bonds is 4. The lowest BCUT2D eigenvalue weighted by Gasteiger charge is -2.33. The summed E-state index contributed by atoms with van der Waals surface area (Å²) < 4.78 is 46.8. The third kappa shape index (κ3) is 3.94. The normalized spacial score (nSPS) is 16.4. The Kier molecular flexibility index (Phi) is 5.31. The van der Waals surface area contributed by atoms with Gasteiger partial charge in [0, 0.05) is 18.2 Å². The molecule has 5 nitrogen and oxygen atoms in total. The van der Waals surface area contributed by atoms with Gasteiger partial charge in [-0.1, -0.05) is 18.2 Å². The fraction of sp³-hybridized carbons (Fsp3) is 0.333. The number of halogens is 3. The van der Waals surface area contributed by atoms with E-state index < -0.39 is 12.2 Å². The summed E-state index contributed by atoms with van der Waals surface area (Å²) in [7, 11) is 0. The van der Waals surface area contributed by atoms with E-state index in [2.05, 4.69) is 5.10 Å². The lowest BCUT2D eigenvalue weighted by Crippen LogP contribution is -2.42. The minimum absolute atomic E-state index is 0.0128. The number of anilines is 1. The number of amides is 1. The number of alkyl halides is 3. The molecule has 0 spiro atoms. The third-order valence-electron chi connectivity index (χ3n) is 5.01. The molecule has 0 saturated carbocycles. The minimum Gasteiger partial charge on any atom is -0.489 e. The summed E-state index contributed by atoms with van der Waals surface area (Å²) in [5.41, 5.74) is 2.29. The standard InChI is InChI=1S/C21H20F3N3O2S/c1-13-5-3-4-6-16(13)29-11-15-10-17(30-12-15)20(28)26-8-7-18(21(22,23)24)27-19(26)9-14(2)25-27/h3-6,9-10,12,18H,7-8,11H2,1-2H3. The molecule has 30 heavy (non-hydrogen) atoms. The molecule has 2 aromatic heterocycles. The number of nitrogens with zero attached hydrogens (tertiary/aromatic N) is 3. The van der Waals surface area contributed by atoms with Crippen LogP contribution in [0.3, 0.4) is 0 Å². The van der Waals surface area contributed by atoms with Crippen molar-refractivity contribution in [2.24, 2.45) is 0 Å². The lowest BCUT2D eigenvalue weighted by atomic mass is 10.1. The number of ether oxygens (including phenoxy) is 1. The molecule has 9 heteroatoms. The SMILES string of the molecule is Cc1cc2n(n1)C(C(F)(F)F)CCN2C(=O)c1cc(COc2ccccc2C)cs1. The summed E-state index contributed by atoms with van der Waals surface area (Å²) in [6, 6.07) is 9.18. The van der Waals surface area contributed by atoms with Crippen molar-refractivity contribution in [2.45, 2.75) is 39.1 Å². The average Bonchev–Trinajstić information content (AvgIpc) is 3.31. The molecular weight excluding hydrogens is 415 g/mol. The summed E-state index contributed by atoms with van der Waals surface area (Å²) in [6.45, 7) is 3.87. The van der Waals surface area contributed by atoms with Crippen LogP contribution in [0.15, 0.2) is 41.8 Å². The van der Waals surface area contributed by atoms with Crippen molar-refractivity contribution < 1.29 is 22.7 Å². The highest BCUT2D eigenvalue weighted by Crippen LogP contribution is 2.40. The zero-order chi connectivity index (χ0) is 21.5. The van der Waals surface area contributed by atoms with Crippen molar-refractivity contribution in [1.29, 1.82) is 0 Å². The van der Waals surface area contributed by atoms with Crippen LogP contribution >= 0.6 is 11.3 Å². The van der Waals surface area contributed by atoms with E-state index in [0.29, 0.717) is 17.2 Å². The zero-order valence-electron chi connectivity index (χ0n) is 16.4. The Hall–Kier alpha value is -2.81. The molecule has 0 radical (unpaired) electrons. The molecule has 3 aromatic rings. The summed E-state index contributed by atoms with van der Waals surface area (Å²) in [4.78, 5) is 14.9. The quantitative estimate of drug-likeness (QED) is 0.559. The minimum atomic E-state index is -4.41. The fourth-order valence-corrected chi connectivity index (χ4v) is 4.35. The summed E-state index contributed by atoms with van der Waals surface area (Å²) >= 11 is 1.26. The van der Waals surface area contributed by atoms with E-state index in [1.807, 2.05) is 36.6 Å². The number of para-hydroxylation sites is 1. The van der Waals surface area contributed by atoms with Crippen LogP contribution in [-0.2, 0) is 6.61 Å². The monoisotopic (exact) mass is 435 g/mol. The highest BCUT2D eigenvalue weighted by molar-refractivity contribution is 7.12. The number of aryl methyl sites for hydroxylation is 2. The summed E-state index contributed by atoms with van der Waals surface area (Å²) in [5.74, 6) is 0.617. The van der Waals surface area contributed by atoms with Crippen LogP contribution in [0, 0.1) is 13.8 Å². The number of carbonyl (C=O) groups is 1. The number of benzene rings is 1. The molecule has 1 amide bonds. The molecule has 1 aromatic carbocycles. The van der Waals surface area contributed by atoms with Gasteiger partial charge in [0.2, 0.25) is 0 Å². The second-order valence-electron chi connectivity index (χ2n) is 7.26. The van der Waals surface area contributed by atoms with Gasteiger partial charge in [0.1, 0.15) is 18.2 Å². The number of fused-ring (bicyclic) bond motifs is 1. The number of aromatic nitrogens is 2. The Balaban J connectivity index is 1.52. The topological polar surface area (TPSA) is 47.4 Å². The van der Waals surface area contributed by atoms with E-state index in [4.69, 9.17) is 4.74 Å². The largest absolute Gasteiger partial charge is 0.489 e. The Morgan fingerprint density at radius 3 is 2.77 bits per heavy atom. The van der Waals surface area contributed by atoms with Crippen molar-refractivity contribution in [2.75, 3.05) is 11.4 Å². The Morgan fingerprint density at radius 2 is 2.03 bits per heavy atom. The molecule has 1 aliphatic heterocycles. The highest BCUT2D eigenvalue weighted by Gasteiger charge is 2.46. The van der Waals surface area contributed by atoms with Crippen LogP contribution in [0.1, 0.15) is 39.0 Å². The van der Waals surface area contributed by atoms with Gasteiger partial charge in [-0.15, -0.1) is 11.3 Å². The fourth-order valence-electron chi connectivity index (χ4n) is 3.51. The lowest BCUT2D eigenvalue weighted by molar-refractivity contribution is -0.172.